The lowest BCUT2D eigenvalue weighted by Gasteiger charge is -2.34. The van der Waals surface area contributed by atoms with Crippen LogP contribution in [0.1, 0.15) is 49.4 Å². The van der Waals surface area contributed by atoms with Crippen molar-refractivity contribution in [2.24, 2.45) is 10.4 Å². The number of hydrogen-bond acceptors (Lipinski definition) is 4. The number of nitrogens with zero attached hydrogens (tertiary/aromatic N) is 1. The van der Waals surface area contributed by atoms with Gasteiger partial charge in [-0.1, -0.05) is 25.6 Å². The monoisotopic (exact) mass is 296 g/mol. The van der Waals surface area contributed by atoms with E-state index >= 15 is 0 Å². The summed E-state index contributed by atoms with van der Waals surface area (Å²) in [4.78, 5) is 7.54. The van der Waals surface area contributed by atoms with Crippen molar-refractivity contribution in [3.63, 3.8) is 0 Å². The highest BCUT2D eigenvalue weighted by atomic mass is 32.2. The Bertz CT molecular complexity index is 447. The van der Waals surface area contributed by atoms with Crippen LogP contribution in [0.4, 0.5) is 0 Å². The molecule has 1 aliphatic rings. The van der Waals surface area contributed by atoms with Gasteiger partial charge in [0.25, 0.3) is 0 Å². The van der Waals surface area contributed by atoms with Gasteiger partial charge in [-0.2, -0.15) is 0 Å². The fraction of sp³-hybridized carbons (Fsp3) is 0.667. The molecule has 0 fully saturated rings. The van der Waals surface area contributed by atoms with Gasteiger partial charge in [-0.25, -0.2) is 0 Å². The molecule has 1 aliphatic heterocycles. The van der Waals surface area contributed by atoms with Gasteiger partial charge in [0, 0.05) is 22.1 Å². The Labute approximate surface area is 125 Å². The fourth-order valence-corrected chi connectivity index (χ4v) is 4.50. The number of nitrogens with one attached hydrogen (secondary N) is 1. The van der Waals surface area contributed by atoms with E-state index in [2.05, 4.69) is 45.1 Å². The van der Waals surface area contributed by atoms with Crippen molar-refractivity contribution in [2.45, 2.75) is 46.6 Å². The SMILES string of the molecule is CCC1(CC)CN=C(NC(C)c2ccc(C)s2)SC1. The predicted molar refractivity (Wildman–Crippen MR) is 88.4 cm³/mol. The van der Waals surface area contributed by atoms with Gasteiger partial charge in [-0.05, 0) is 44.2 Å². The van der Waals surface area contributed by atoms with Crippen LogP contribution in [0.2, 0.25) is 0 Å². The number of rotatable bonds is 4. The summed E-state index contributed by atoms with van der Waals surface area (Å²) in [6, 6.07) is 4.77. The molecule has 0 aliphatic carbocycles. The van der Waals surface area contributed by atoms with Crippen molar-refractivity contribution in [2.75, 3.05) is 12.3 Å². The van der Waals surface area contributed by atoms with Crippen molar-refractivity contribution in [3.8, 4) is 0 Å². The third-order valence-electron chi connectivity index (χ3n) is 4.10. The molecule has 1 aromatic rings. The minimum Gasteiger partial charge on any atom is -0.358 e. The van der Waals surface area contributed by atoms with Crippen LogP contribution in [-0.4, -0.2) is 17.5 Å². The first-order valence-corrected chi connectivity index (χ1v) is 8.89. The van der Waals surface area contributed by atoms with Crippen LogP contribution >= 0.6 is 23.1 Å². The minimum absolute atomic E-state index is 0.362. The van der Waals surface area contributed by atoms with Crippen molar-refractivity contribution in [3.05, 3.63) is 21.9 Å². The second-order valence-electron chi connectivity index (χ2n) is 5.43. The summed E-state index contributed by atoms with van der Waals surface area (Å²) in [5.74, 6) is 1.20. The molecule has 0 amide bonds. The molecule has 0 bridgehead atoms. The van der Waals surface area contributed by atoms with Crippen molar-refractivity contribution in [1.29, 1.82) is 0 Å². The largest absolute Gasteiger partial charge is 0.358 e. The van der Waals surface area contributed by atoms with Crippen LogP contribution < -0.4 is 5.32 Å². The van der Waals surface area contributed by atoms with Crippen LogP contribution in [0, 0.1) is 12.3 Å². The highest BCUT2D eigenvalue weighted by molar-refractivity contribution is 8.13. The summed E-state index contributed by atoms with van der Waals surface area (Å²) in [6.07, 6.45) is 2.46. The molecule has 0 aromatic carbocycles. The van der Waals surface area contributed by atoms with Gasteiger partial charge >= 0.3 is 0 Å². The summed E-state index contributed by atoms with van der Waals surface area (Å²) in [7, 11) is 0. The van der Waals surface area contributed by atoms with E-state index in [1.165, 1.54) is 28.3 Å². The van der Waals surface area contributed by atoms with E-state index in [9.17, 15) is 0 Å². The van der Waals surface area contributed by atoms with E-state index in [0.29, 0.717) is 11.5 Å². The van der Waals surface area contributed by atoms with Crippen LogP contribution in [-0.2, 0) is 0 Å². The maximum Gasteiger partial charge on any atom is 0.157 e. The molecule has 0 spiro atoms. The Morgan fingerprint density at radius 2 is 2.11 bits per heavy atom. The molecule has 1 unspecified atom stereocenters. The summed E-state index contributed by atoms with van der Waals surface area (Å²) in [5.41, 5.74) is 0.429. The quantitative estimate of drug-likeness (QED) is 0.877. The molecule has 0 radical (unpaired) electrons. The van der Waals surface area contributed by atoms with E-state index < -0.39 is 0 Å². The zero-order valence-electron chi connectivity index (χ0n) is 12.3. The summed E-state index contributed by atoms with van der Waals surface area (Å²) in [6.45, 7) is 9.93. The number of thioether (sulfide) groups is 1. The lowest BCUT2D eigenvalue weighted by atomic mass is 9.84. The molecule has 1 aromatic heterocycles. The third kappa shape index (κ3) is 3.54. The van der Waals surface area contributed by atoms with Gasteiger partial charge in [0.2, 0.25) is 0 Å². The Hall–Kier alpha value is -0.480. The molecule has 0 saturated heterocycles. The van der Waals surface area contributed by atoms with Gasteiger partial charge in [-0.15, -0.1) is 11.3 Å². The Morgan fingerprint density at radius 3 is 2.58 bits per heavy atom. The zero-order chi connectivity index (χ0) is 13.9. The highest BCUT2D eigenvalue weighted by Crippen LogP contribution is 2.35. The summed E-state index contributed by atoms with van der Waals surface area (Å²) in [5, 5.41) is 4.68. The van der Waals surface area contributed by atoms with E-state index in [0.717, 1.165) is 11.7 Å². The van der Waals surface area contributed by atoms with Crippen molar-refractivity contribution < 1.29 is 0 Å². The van der Waals surface area contributed by atoms with E-state index in [1.807, 2.05) is 23.1 Å². The average molecular weight is 297 g/mol. The van der Waals surface area contributed by atoms with Crippen LogP contribution in [0.15, 0.2) is 17.1 Å². The van der Waals surface area contributed by atoms with Gasteiger partial charge in [-0.3, -0.25) is 4.99 Å². The van der Waals surface area contributed by atoms with E-state index in [-0.39, 0.29) is 0 Å². The first kappa shape index (κ1) is 14.9. The predicted octanol–water partition coefficient (Wildman–Crippen LogP) is 4.62. The van der Waals surface area contributed by atoms with Gasteiger partial charge in [0.1, 0.15) is 0 Å². The lowest BCUT2D eigenvalue weighted by molar-refractivity contribution is 0.318. The molecule has 1 N–H and O–H groups in total. The second-order valence-corrected chi connectivity index (χ2v) is 7.72. The second kappa shape index (κ2) is 6.31. The number of thiophene rings is 1. The molecule has 106 valence electrons. The van der Waals surface area contributed by atoms with Crippen LogP contribution in [0.3, 0.4) is 0 Å². The van der Waals surface area contributed by atoms with Gasteiger partial charge < -0.3 is 5.32 Å². The maximum atomic E-state index is 4.77. The first-order chi connectivity index (χ1) is 9.08. The fourth-order valence-electron chi connectivity index (χ4n) is 2.26. The Balaban J connectivity index is 1.96. The zero-order valence-corrected chi connectivity index (χ0v) is 14.0. The molecule has 2 heterocycles. The third-order valence-corrected chi connectivity index (χ3v) is 6.56. The van der Waals surface area contributed by atoms with Crippen molar-refractivity contribution in [1.82, 2.24) is 5.32 Å². The van der Waals surface area contributed by atoms with Gasteiger partial charge in [0.05, 0.1) is 6.04 Å². The molecule has 2 rings (SSSR count). The normalized spacial score (nSPS) is 19.9. The maximum absolute atomic E-state index is 4.77. The van der Waals surface area contributed by atoms with Crippen molar-refractivity contribution >= 4 is 28.3 Å². The Kier molecular flexibility index (Phi) is 4.96. The molecule has 1 atom stereocenters. The van der Waals surface area contributed by atoms with E-state index in [1.54, 1.807) is 0 Å². The number of aryl methyl sites for hydroxylation is 1. The molecule has 4 heteroatoms. The minimum atomic E-state index is 0.362. The number of aliphatic imine (C=N–C) groups is 1. The van der Waals surface area contributed by atoms with Gasteiger partial charge in [0.15, 0.2) is 5.17 Å². The lowest BCUT2D eigenvalue weighted by Crippen LogP contribution is -2.35. The molecule has 0 saturated carbocycles. The van der Waals surface area contributed by atoms with Crippen LogP contribution in [0.5, 0.6) is 0 Å². The first-order valence-electron chi connectivity index (χ1n) is 7.08. The average Bonchev–Trinajstić information content (AvgIpc) is 2.87. The smallest absolute Gasteiger partial charge is 0.157 e. The highest BCUT2D eigenvalue weighted by Gasteiger charge is 2.30. The molecular formula is C15H24N2S2. The van der Waals surface area contributed by atoms with Crippen LogP contribution in [0.25, 0.3) is 0 Å². The molecule has 2 nitrogen and oxygen atoms in total. The standard InChI is InChI=1S/C15H24N2S2/c1-5-15(6-2)9-16-14(18-10-15)17-12(4)13-8-7-11(3)19-13/h7-8,12H,5-6,9-10H2,1-4H3,(H,16,17). The summed E-state index contributed by atoms with van der Waals surface area (Å²) >= 11 is 3.76. The number of amidine groups is 1. The topological polar surface area (TPSA) is 24.4 Å². The molecule has 19 heavy (non-hydrogen) atoms. The summed E-state index contributed by atoms with van der Waals surface area (Å²) < 4.78 is 0. The molecular weight excluding hydrogens is 272 g/mol. The Morgan fingerprint density at radius 1 is 1.37 bits per heavy atom. The number of hydrogen-bond donors (Lipinski definition) is 1. The van der Waals surface area contributed by atoms with E-state index in [4.69, 9.17) is 4.99 Å².